The first-order valence-corrected chi connectivity index (χ1v) is 7.78. The van der Waals surface area contributed by atoms with Crippen LogP contribution < -0.4 is 10.2 Å². The molecule has 1 saturated heterocycles. The Kier molecular flexibility index (Phi) is 5.12. The van der Waals surface area contributed by atoms with Crippen molar-refractivity contribution in [2.24, 2.45) is 0 Å². The van der Waals surface area contributed by atoms with Gasteiger partial charge in [0.25, 0.3) is 0 Å². The van der Waals surface area contributed by atoms with E-state index in [4.69, 9.17) is 11.6 Å². The van der Waals surface area contributed by atoms with E-state index in [0.717, 1.165) is 11.6 Å². The molecule has 3 heteroatoms. The van der Waals surface area contributed by atoms with E-state index in [1.54, 1.807) is 0 Å². The van der Waals surface area contributed by atoms with Gasteiger partial charge in [-0.3, -0.25) is 0 Å². The standard InChI is InChI=1S/C16H25ClN2/c1-4-14-7-5-6-10-19(14)16-9-8-13(11-15(16)17)12(2)18-3/h8-9,11-12,14,18H,4-7,10H2,1-3H3. The fourth-order valence-corrected chi connectivity index (χ4v) is 3.23. The Bertz CT molecular complexity index is 419. The summed E-state index contributed by atoms with van der Waals surface area (Å²) in [5.41, 5.74) is 2.46. The van der Waals surface area contributed by atoms with Gasteiger partial charge in [-0.05, 0) is 57.4 Å². The number of hydrogen-bond acceptors (Lipinski definition) is 2. The summed E-state index contributed by atoms with van der Waals surface area (Å²) in [7, 11) is 1.98. The second-order valence-electron chi connectivity index (χ2n) is 5.47. The molecule has 1 aliphatic heterocycles. The van der Waals surface area contributed by atoms with Crippen molar-refractivity contribution in [2.45, 2.75) is 51.6 Å². The molecule has 2 nitrogen and oxygen atoms in total. The summed E-state index contributed by atoms with van der Waals surface area (Å²) < 4.78 is 0. The van der Waals surface area contributed by atoms with Gasteiger partial charge < -0.3 is 10.2 Å². The topological polar surface area (TPSA) is 15.3 Å². The molecule has 106 valence electrons. The van der Waals surface area contributed by atoms with Crippen LogP contribution in [-0.4, -0.2) is 19.6 Å². The number of halogens is 1. The van der Waals surface area contributed by atoms with Crippen molar-refractivity contribution in [3.8, 4) is 0 Å². The third-order valence-electron chi connectivity index (χ3n) is 4.31. The van der Waals surface area contributed by atoms with Gasteiger partial charge >= 0.3 is 0 Å². The smallest absolute Gasteiger partial charge is 0.0642 e. The molecule has 0 aliphatic carbocycles. The molecule has 0 radical (unpaired) electrons. The first kappa shape index (κ1) is 14.7. The van der Waals surface area contributed by atoms with Crippen LogP contribution in [0.5, 0.6) is 0 Å². The highest BCUT2D eigenvalue weighted by Gasteiger charge is 2.23. The summed E-state index contributed by atoms with van der Waals surface area (Å²) in [5, 5.41) is 4.14. The lowest BCUT2D eigenvalue weighted by Crippen LogP contribution is -2.39. The van der Waals surface area contributed by atoms with Crippen LogP contribution in [0.15, 0.2) is 18.2 Å². The lowest BCUT2D eigenvalue weighted by Gasteiger charge is -2.37. The number of hydrogen-bond donors (Lipinski definition) is 1. The molecule has 2 atom stereocenters. The summed E-state index contributed by atoms with van der Waals surface area (Å²) in [6, 6.07) is 7.50. The predicted octanol–water partition coefficient (Wildman–Crippen LogP) is 4.39. The third-order valence-corrected chi connectivity index (χ3v) is 4.62. The number of nitrogens with one attached hydrogen (secondary N) is 1. The quantitative estimate of drug-likeness (QED) is 0.880. The third kappa shape index (κ3) is 3.24. The van der Waals surface area contributed by atoms with Gasteiger partial charge in [-0.2, -0.15) is 0 Å². The van der Waals surface area contributed by atoms with E-state index in [0.29, 0.717) is 12.1 Å². The van der Waals surface area contributed by atoms with E-state index in [2.05, 4.69) is 42.3 Å². The maximum atomic E-state index is 6.52. The molecular weight excluding hydrogens is 256 g/mol. The fourth-order valence-electron chi connectivity index (χ4n) is 2.93. The predicted molar refractivity (Wildman–Crippen MR) is 84.2 cm³/mol. The van der Waals surface area contributed by atoms with Gasteiger partial charge in [-0.15, -0.1) is 0 Å². The molecule has 1 aromatic rings. The Balaban J connectivity index is 2.24. The monoisotopic (exact) mass is 280 g/mol. The second kappa shape index (κ2) is 6.62. The molecule has 1 fully saturated rings. The van der Waals surface area contributed by atoms with Gasteiger partial charge in [-0.25, -0.2) is 0 Å². The Hall–Kier alpha value is -0.730. The minimum Gasteiger partial charge on any atom is -0.367 e. The highest BCUT2D eigenvalue weighted by molar-refractivity contribution is 6.33. The molecule has 0 aromatic heterocycles. The number of benzene rings is 1. The molecule has 0 saturated carbocycles. The van der Waals surface area contributed by atoms with Crippen molar-refractivity contribution in [3.05, 3.63) is 28.8 Å². The Morgan fingerprint density at radius 1 is 1.42 bits per heavy atom. The lowest BCUT2D eigenvalue weighted by atomic mass is 9.98. The molecule has 1 aliphatic rings. The maximum Gasteiger partial charge on any atom is 0.0642 e. The van der Waals surface area contributed by atoms with Crippen molar-refractivity contribution >= 4 is 17.3 Å². The zero-order valence-electron chi connectivity index (χ0n) is 12.2. The highest BCUT2D eigenvalue weighted by atomic mass is 35.5. The van der Waals surface area contributed by atoms with E-state index < -0.39 is 0 Å². The number of anilines is 1. The average molecular weight is 281 g/mol. The van der Waals surface area contributed by atoms with Crippen LogP contribution in [0.4, 0.5) is 5.69 Å². The van der Waals surface area contributed by atoms with Crippen molar-refractivity contribution in [2.75, 3.05) is 18.5 Å². The lowest BCUT2D eigenvalue weighted by molar-refractivity contribution is 0.450. The highest BCUT2D eigenvalue weighted by Crippen LogP contribution is 2.33. The molecule has 1 N–H and O–H groups in total. The summed E-state index contributed by atoms with van der Waals surface area (Å²) >= 11 is 6.52. The van der Waals surface area contributed by atoms with E-state index in [1.807, 2.05) is 7.05 Å². The molecule has 0 amide bonds. The van der Waals surface area contributed by atoms with Crippen LogP contribution >= 0.6 is 11.6 Å². The molecule has 0 spiro atoms. The largest absolute Gasteiger partial charge is 0.367 e. The van der Waals surface area contributed by atoms with Gasteiger partial charge in [0.15, 0.2) is 0 Å². The van der Waals surface area contributed by atoms with E-state index in [9.17, 15) is 0 Å². The van der Waals surface area contributed by atoms with Gasteiger partial charge in [0.1, 0.15) is 0 Å². The van der Waals surface area contributed by atoms with Crippen LogP contribution in [0.25, 0.3) is 0 Å². The number of piperidine rings is 1. The van der Waals surface area contributed by atoms with E-state index in [1.165, 1.54) is 36.9 Å². The van der Waals surface area contributed by atoms with Gasteiger partial charge in [-0.1, -0.05) is 24.6 Å². The Labute approximate surface area is 122 Å². The summed E-state index contributed by atoms with van der Waals surface area (Å²) in [6.45, 7) is 5.56. The van der Waals surface area contributed by atoms with Crippen molar-refractivity contribution in [1.29, 1.82) is 0 Å². The van der Waals surface area contributed by atoms with Gasteiger partial charge in [0, 0.05) is 18.6 Å². The molecule has 19 heavy (non-hydrogen) atoms. The van der Waals surface area contributed by atoms with Crippen LogP contribution in [0.1, 0.15) is 51.1 Å². The number of rotatable bonds is 4. The van der Waals surface area contributed by atoms with Gasteiger partial charge in [0.05, 0.1) is 10.7 Å². The zero-order chi connectivity index (χ0) is 13.8. The van der Waals surface area contributed by atoms with Crippen LogP contribution in [-0.2, 0) is 0 Å². The molecular formula is C16H25ClN2. The normalized spacial score (nSPS) is 21.5. The molecule has 2 unspecified atom stereocenters. The van der Waals surface area contributed by atoms with E-state index in [-0.39, 0.29) is 0 Å². The van der Waals surface area contributed by atoms with Crippen LogP contribution in [0.3, 0.4) is 0 Å². The summed E-state index contributed by atoms with van der Waals surface area (Å²) in [5.74, 6) is 0. The zero-order valence-corrected chi connectivity index (χ0v) is 13.0. The second-order valence-corrected chi connectivity index (χ2v) is 5.88. The minimum atomic E-state index is 0.342. The Morgan fingerprint density at radius 3 is 2.84 bits per heavy atom. The SMILES string of the molecule is CCC1CCCCN1c1ccc(C(C)NC)cc1Cl. The molecule has 2 rings (SSSR count). The molecule has 1 aromatic carbocycles. The molecule has 1 heterocycles. The van der Waals surface area contributed by atoms with Crippen molar-refractivity contribution in [1.82, 2.24) is 5.32 Å². The fraction of sp³-hybridized carbons (Fsp3) is 0.625. The Morgan fingerprint density at radius 2 is 2.21 bits per heavy atom. The first-order chi connectivity index (χ1) is 9.17. The average Bonchev–Trinajstić information content (AvgIpc) is 2.46. The van der Waals surface area contributed by atoms with Crippen molar-refractivity contribution < 1.29 is 0 Å². The van der Waals surface area contributed by atoms with Crippen LogP contribution in [0.2, 0.25) is 5.02 Å². The van der Waals surface area contributed by atoms with E-state index >= 15 is 0 Å². The maximum absolute atomic E-state index is 6.52. The minimum absolute atomic E-state index is 0.342. The number of nitrogens with zero attached hydrogens (tertiary/aromatic N) is 1. The van der Waals surface area contributed by atoms with Gasteiger partial charge in [0.2, 0.25) is 0 Å². The summed E-state index contributed by atoms with van der Waals surface area (Å²) in [6.07, 6.45) is 5.12. The molecule has 0 bridgehead atoms. The van der Waals surface area contributed by atoms with Crippen molar-refractivity contribution in [3.63, 3.8) is 0 Å². The summed E-state index contributed by atoms with van der Waals surface area (Å²) in [4.78, 5) is 2.50. The van der Waals surface area contributed by atoms with Crippen LogP contribution in [0, 0.1) is 0 Å². The first-order valence-electron chi connectivity index (χ1n) is 7.40.